The predicted octanol–water partition coefficient (Wildman–Crippen LogP) is 18.1. The van der Waals surface area contributed by atoms with Crippen LogP contribution in [-0.4, -0.2) is 87.5 Å². The van der Waals surface area contributed by atoms with E-state index < -0.39 is 49.5 Å². The number of hydrogen-bond donors (Lipinski definition) is 6. The van der Waals surface area contributed by atoms with Gasteiger partial charge in [0.1, 0.15) is 24.4 Å². The van der Waals surface area contributed by atoms with Crippen LogP contribution < -0.4 is 5.32 Å². The molecule has 1 aliphatic heterocycles. The van der Waals surface area contributed by atoms with Crippen molar-refractivity contribution in [3.8, 4) is 0 Å². The van der Waals surface area contributed by atoms with Gasteiger partial charge in [-0.15, -0.1) is 0 Å². The van der Waals surface area contributed by atoms with Crippen molar-refractivity contribution in [3.63, 3.8) is 0 Å². The Morgan fingerprint density at radius 1 is 0.395 bits per heavy atom. The van der Waals surface area contributed by atoms with E-state index in [0.29, 0.717) is 12.8 Å². The molecule has 0 aromatic heterocycles. The van der Waals surface area contributed by atoms with Crippen molar-refractivity contribution in [2.45, 2.75) is 410 Å². The van der Waals surface area contributed by atoms with E-state index in [4.69, 9.17) is 9.47 Å². The van der Waals surface area contributed by atoms with E-state index in [9.17, 15) is 30.3 Å². The molecule has 7 atom stereocenters. The van der Waals surface area contributed by atoms with Crippen molar-refractivity contribution < 1.29 is 39.8 Å². The normalized spacial score (nSPS) is 18.6. The van der Waals surface area contributed by atoms with Crippen LogP contribution in [0.4, 0.5) is 0 Å². The third-order valence-corrected chi connectivity index (χ3v) is 17.0. The number of aliphatic hydroxyl groups is 5. The Hall–Kier alpha value is -0.810. The zero-order valence-corrected chi connectivity index (χ0v) is 50.8. The molecule has 0 aromatic carbocycles. The topological polar surface area (TPSA) is 149 Å². The Morgan fingerprint density at radius 3 is 0.934 bits per heavy atom. The molecule has 9 heteroatoms. The zero-order valence-electron chi connectivity index (χ0n) is 50.8. The van der Waals surface area contributed by atoms with Crippen LogP contribution in [0, 0.1) is 0 Å². The van der Waals surface area contributed by atoms with Gasteiger partial charge in [-0.3, -0.25) is 4.79 Å². The Morgan fingerprint density at radius 2 is 0.658 bits per heavy atom. The third-order valence-electron chi connectivity index (χ3n) is 17.0. The van der Waals surface area contributed by atoms with Gasteiger partial charge in [-0.25, -0.2) is 0 Å². The summed E-state index contributed by atoms with van der Waals surface area (Å²) in [6.45, 7) is 3.91. The molecule has 0 saturated carbocycles. The van der Waals surface area contributed by atoms with E-state index in [1.165, 1.54) is 302 Å². The van der Waals surface area contributed by atoms with Crippen molar-refractivity contribution in [1.29, 1.82) is 0 Å². The number of aliphatic hydroxyl groups excluding tert-OH is 5. The molecule has 1 heterocycles. The van der Waals surface area contributed by atoms with Crippen LogP contribution in [0.5, 0.6) is 0 Å². The Bertz CT molecular complexity index is 1160. The fourth-order valence-electron chi connectivity index (χ4n) is 11.6. The Balaban J connectivity index is 2.11. The van der Waals surface area contributed by atoms with Gasteiger partial charge in [0.05, 0.1) is 25.4 Å². The largest absolute Gasteiger partial charge is 0.394 e. The summed E-state index contributed by atoms with van der Waals surface area (Å²) in [7, 11) is 0. The lowest BCUT2D eigenvalue weighted by atomic mass is 9.99. The van der Waals surface area contributed by atoms with Crippen LogP contribution >= 0.6 is 0 Å². The van der Waals surface area contributed by atoms with E-state index in [-0.39, 0.29) is 12.5 Å². The number of carbonyl (C=O) groups is 1. The van der Waals surface area contributed by atoms with E-state index in [1.807, 2.05) is 0 Å². The highest BCUT2D eigenvalue weighted by Gasteiger charge is 2.44. The summed E-state index contributed by atoms with van der Waals surface area (Å²) in [6.07, 6.45) is 64.5. The molecule has 0 bridgehead atoms. The van der Waals surface area contributed by atoms with Crippen molar-refractivity contribution in [1.82, 2.24) is 5.32 Å². The summed E-state index contributed by atoms with van der Waals surface area (Å²) in [5.41, 5.74) is 0. The molecule has 454 valence electrons. The lowest BCUT2D eigenvalue weighted by Crippen LogP contribution is -2.60. The fourth-order valence-corrected chi connectivity index (χ4v) is 11.6. The van der Waals surface area contributed by atoms with E-state index >= 15 is 0 Å². The highest BCUT2D eigenvalue weighted by molar-refractivity contribution is 5.76. The molecule has 1 fully saturated rings. The molecule has 7 unspecified atom stereocenters. The maximum absolute atomic E-state index is 13.1. The minimum absolute atomic E-state index is 0.130. The van der Waals surface area contributed by atoms with Gasteiger partial charge in [0.25, 0.3) is 0 Å². The van der Waals surface area contributed by atoms with E-state index in [0.717, 1.165) is 38.5 Å². The Labute approximate surface area is 472 Å². The summed E-state index contributed by atoms with van der Waals surface area (Å²) in [6, 6.07) is -0.715. The number of nitrogens with one attached hydrogen (secondary N) is 1. The Kier molecular flexibility index (Phi) is 55.3. The molecule has 0 spiro atoms. The van der Waals surface area contributed by atoms with Gasteiger partial charge in [-0.05, 0) is 12.8 Å². The van der Waals surface area contributed by atoms with Gasteiger partial charge in [-0.2, -0.15) is 0 Å². The molecular weight excluding hydrogens is 947 g/mol. The van der Waals surface area contributed by atoms with Gasteiger partial charge < -0.3 is 40.3 Å². The van der Waals surface area contributed by atoms with Gasteiger partial charge in [0.15, 0.2) is 6.29 Å². The second-order valence-electron chi connectivity index (χ2n) is 24.3. The molecule has 9 nitrogen and oxygen atoms in total. The maximum atomic E-state index is 13.1. The van der Waals surface area contributed by atoms with Crippen LogP contribution in [0.2, 0.25) is 0 Å². The maximum Gasteiger partial charge on any atom is 0.220 e. The summed E-state index contributed by atoms with van der Waals surface area (Å²) < 4.78 is 11.4. The van der Waals surface area contributed by atoms with Crippen LogP contribution in [0.1, 0.15) is 367 Å². The first-order valence-electron chi connectivity index (χ1n) is 34.2. The number of amides is 1. The lowest BCUT2D eigenvalue weighted by molar-refractivity contribution is -0.302. The fraction of sp³-hybridized carbons (Fsp3) is 0.985. The van der Waals surface area contributed by atoms with Gasteiger partial charge in [0.2, 0.25) is 5.91 Å². The van der Waals surface area contributed by atoms with Gasteiger partial charge in [0, 0.05) is 6.42 Å². The smallest absolute Gasteiger partial charge is 0.220 e. The molecule has 0 radical (unpaired) electrons. The van der Waals surface area contributed by atoms with Crippen molar-refractivity contribution in [2.75, 3.05) is 13.2 Å². The number of carbonyl (C=O) groups excluding carboxylic acids is 1. The highest BCUT2D eigenvalue weighted by Crippen LogP contribution is 2.24. The summed E-state index contributed by atoms with van der Waals surface area (Å²) in [5.74, 6) is -0.133. The highest BCUT2D eigenvalue weighted by atomic mass is 16.7. The van der Waals surface area contributed by atoms with Gasteiger partial charge >= 0.3 is 0 Å². The summed E-state index contributed by atoms with van der Waals surface area (Å²) in [5, 5.41) is 54.9. The van der Waals surface area contributed by atoms with Crippen LogP contribution in [0.3, 0.4) is 0 Å². The first-order valence-corrected chi connectivity index (χ1v) is 34.2. The standard InChI is InChI=1S/C67H133NO8/c1-3-5-7-9-11-13-15-17-19-21-23-25-27-29-30-31-33-35-37-39-41-43-45-47-49-51-53-55-57-63(71)68-60(59-75-67-66(74)65(73)64(72)62(58-69)76-67)61(70)56-54-52-50-48-46-44-42-40-38-36-34-32-28-26-24-22-20-18-16-14-12-10-8-6-4-2/h60-62,64-67,69-70,72-74H,3-59H2,1-2H3,(H,68,71). The molecule has 1 amide bonds. The predicted molar refractivity (Wildman–Crippen MR) is 323 cm³/mol. The van der Waals surface area contributed by atoms with Crippen LogP contribution in [0.25, 0.3) is 0 Å². The SMILES string of the molecule is CCCCCCCCCCCCCCCCCCCCCCCCCCCCCCC(=O)NC(COC1OC(CO)C(O)C(O)C1O)C(O)CCCCCCCCCCCCCCCCCCCCCCCCCCC. The van der Waals surface area contributed by atoms with Gasteiger partial charge in [-0.1, -0.05) is 348 Å². The lowest BCUT2D eigenvalue weighted by Gasteiger charge is -2.40. The van der Waals surface area contributed by atoms with Crippen molar-refractivity contribution >= 4 is 5.91 Å². The molecule has 76 heavy (non-hydrogen) atoms. The zero-order chi connectivity index (χ0) is 55.0. The average molecular weight is 1080 g/mol. The summed E-state index contributed by atoms with van der Waals surface area (Å²) in [4.78, 5) is 13.1. The van der Waals surface area contributed by atoms with Crippen molar-refractivity contribution in [3.05, 3.63) is 0 Å². The monoisotopic (exact) mass is 1080 g/mol. The minimum Gasteiger partial charge on any atom is -0.394 e. The number of ether oxygens (including phenoxy) is 2. The number of unbranched alkanes of at least 4 members (excludes halogenated alkanes) is 51. The number of rotatable bonds is 61. The molecule has 1 rings (SSSR count). The quantitative estimate of drug-likeness (QED) is 0.0330. The van der Waals surface area contributed by atoms with E-state index in [1.54, 1.807) is 0 Å². The molecule has 1 saturated heterocycles. The molecule has 0 aliphatic carbocycles. The first kappa shape index (κ1) is 73.2. The minimum atomic E-state index is -1.55. The molecule has 6 N–H and O–H groups in total. The second-order valence-corrected chi connectivity index (χ2v) is 24.3. The average Bonchev–Trinajstić information content (AvgIpc) is 3.42. The molecular formula is C67H133NO8. The third kappa shape index (κ3) is 45.9. The van der Waals surface area contributed by atoms with Crippen LogP contribution in [-0.2, 0) is 14.3 Å². The molecule has 1 aliphatic rings. The number of hydrogen-bond acceptors (Lipinski definition) is 8. The van der Waals surface area contributed by atoms with Crippen LogP contribution in [0.15, 0.2) is 0 Å². The second kappa shape index (κ2) is 57.4. The first-order chi connectivity index (χ1) is 37.3. The summed E-state index contributed by atoms with van der Waals surface area (Å²) >= 11 is 0. The van der Waals surface area contributed by atoms with Crippen molar-refractivity contribution in [2.24, 2.45) is 0 Å². The molecule has 0 aromatic rings. The van der Waals surface area contributed by atoms with E-state index in [2.05, 4.69) is 19.2 Å².